The summed E-state index contributed by atoms with van der Waals surface area (Å²) in [6, 6.07) is 29.6. The van der Waals surface area contributed by atoms with Crippen molar-refractivity contribution in [2.24, 2.45) is 18.9 Å². The molecule has 0 bridgehead atoms. The number of rotatable bonds is 12. The first-order valence-electron chi connectivity index (χ1n) is 18.9. The predicted molar refractivity (Wildman–Crippen MR) is 208 cm³/mol. The smallest absolute Gasteiger partial charge is 0.333 e. The largest absolute Gasteiger partial charge is 0.473 e. The minimum absolute atomic E-state index is 0.0537. The highest BCUT2D eigenvalue weighted by Crippen LogP contribution is 2.34. The maximum Gasteiger partial charge on any atom is 0.333 e. The van der Waals surface area contributed by atoms with E-state index in [0.717, 1.165) is 73.0 Å². The summed E-state index contributed by atoms with van der Waals surface area (Å²) in [6.07, 6.45) is 4.47. The van der Waals surface area contributed by atoms with Crippen LogP contribution < -0.4 is 20.5 Å². The molecule has 2 fully saturated rings. The number of hydrogen-bond donors (Lipinski definition) is 1. The number of aryl methyl sites for hydroxylation is 1. The highest BCUT2D eigenvalue weighted by Gasteiger charge is 2.34. The standard InChI is InChI=1S/C43H51N5O5/c1-43(2,3)53-29-32-24-25-47(26-32)41(49)33-18-20-34(21-19-33)44-35-16-11-17-36-39(35)46(4)42(50)48(36)37-22-23-38(51-27-30-12-7-5-8-13-30)45-40(37)52-28-31-14-9-6-10-15-31/h5-17,22-23,32-34,44H,18-21,24-29H2,1-4H3/t32-,33?,34?/m1/s1. The third-order valence-corrected chi connectivity index (χ3v) is 10.4. The predicted octanol–water partition coefficient (Wildman–Crippen LogP) is 7.52. The molecule has 2 aliphatic rings. The molecule has 7 rings (SSSR count). The lowest BCUT2D eigenvalue weighted by molar-refractivity contribution is -0.135. The monoisotopic (exact) mass is 717 g/mol. The lowest BCUT2D eigenvalue weighted by Gasteiger charge is -2.31. The summed E-state index contributed by atoms with van der Waals surface area (Å²) in [6.45, 7) is 9.18. The Bertz CT molecular complexity index is 2060. The molecule has 1 saturated carbocycles. The molecule has 5 aromatic rings. The number of nitrogens with one attached hydrogen (secondary N) is 1. The molecule has 1 saturated heterocycles. The normalized spacial score (nSPS) is 19.0. The van der Waals surface area contributed by atoms with Crippen molar-refractivity contribution in [3.05, 3.63) is 113 Å². The second kappa shape index (κ2) is 15.9. The molecule has 0 spiro atoms. The minimum atomic E-state index is -0.204. The van der Waals surface area contributed by atoms with E-state index < -0.39 is 0 Å². The van der Waals surface area contributed by atoms with Crippen molar-refractivity contribution in [3.63, 3.8) is 0 Å². The van der Waals surface area contributed by atoms with Crippen LogP contribution in [0.1, 0.15) is 64.0 Å². The number of carbonyl (C=O) groups excluding carboxylic acids is 1. The van der Waals surface area contributed by atoms with Gasteiger partial charge in [0.2, 0.25) is 17.7 Å². The van der Waals surface area contributed by atoms with Gasteiger partial charge in [0.1, 0.15) is 18.9 Å². The van der Waals surface area contributed by atoms with Crippen LogP contribution in [0.3, 0.4) is 0 Å². The molecule has 0 unspecified atom stereocenters. The Morgan fingerprint density at radius 3 is 2.19 bits per heavy atom. The average molecular weight is 718 g/mol. The van der Waals surface area contributed by atoms with Crippen LogP contribution in [0.25, 0.3) is 16.7 Å². The molecule has 1 aliphatic carbocycles. The third kappa shape index (κ3) is 8.60. The van der Waals surface area contributed by atoms with Gasteiger partial charge in [0.05, 0.1) is 28.9 Å². The van der Waals surface area contributed by atoms with Gasteiger partial charge in [0.25, 0.3) is 0 Å². The summed E-state index contributed by atoms with van der Waals surface area (Å²) in [5.41, 5.74) is 4.61. The molecule has 1 amide bonds. The molecule has 1 N–H and O–H groups in total. The SMILES string of the molecule is Cn1c(=O)n(-c2ccc(OCc3ccccc3)nc2OCc2ccccc2)c2cccc(NC3CCC(C(=O)N4CC[C@@H](COC(C)(C)C)C4)CC3)c21. The Morgan fingerprint density at radius 2 is 1.51 bits per heavy atom. The van der Waals surface area contributed by atoms with Gasteiger partial charge in [-0.1, -0.05) is 66.7 Å². The number of ether oxygens (including phenoxy) is 3. The molecule has 1 aliphatic heterocycles. The van der Waals surface area contributed by atoms with Gasteiger partial charge in [0, 0.05) is 44.1 Å². The van der Waals surface area contributed by atoms with Crippen molar-refractivity contribution in [3.8, 4) is 17.4 Å². The van der Waals surface area contributed by atoms with Crippen molar-refractivity contribution in [1.82, 2.24) is 19.0 Å². The van der Waals surface area contributed by atoms with Gasteiger partial charge >= 0.3 is 5.69 Å². The van der Waals surface area contributed by atoms with E-state index in [4.69, 9.17) is 19.2 Å². The quantitative estimate of drug-likeness (QED) is 0.143. The van der Waals surface area contributed by atoms with Crippen molar-refractivity contribution in [2.45, 2.75) is 77.7 Å². The Balaban J connectivity index is 1.07. The number of aromatic nitrogens is 3. The number of fused-ring (bicyclic) bond motifs is 1. The lowest BCUT2D eigenvalue weighted by Crippen LogP contribution is -2.38. The van der Waals surface area contributed by atoms with Crippen molar-refractivity contribution >= 4 is 22.6 Å². The third-order valence-electron chi connectivity index (χ3n) is 10.4. The second-order valence-electron chi connectivity index (χ2n) is 15.4. The summed E-state index contributed by atoms with van der Waals surface area (Å²) in [5, 5.41) is 3.74. The number of nitrogens with zero attached hydrogens (tertiary/aromatic N) is 4. The molecular formula is C43H51N5O5. The number of likely N-dealkylation sites (tertiary alicyclic amines) is 1. The lowest BCUT2D eigenvalue weighted by atomic mass is 9.85. The van der Waals surface area contributed by atoms with Gasteiger partial charge in [-0.3, -0.25) is 13.9 Å². The summed E-state index contributed by atoms with van der Waals surface area (Å²) in [5.74, 6) is 1.46. The van der Waals surface area contributed by atoms with Crippen LogP contribution in [-0.4, -0.2) is 56.3 Å². The number of benzene rings is 3. The van der Waals surface area contributed by atoms with E-state index in [1.165, 1.54) is 0 Å². The van der Waals surface area contributed by atoms with Crippen LogP contribution in [0.4, 0.5) is 5.69 Å². The molecule has 3 aromatic carbocycles. The van der Waals surface area contributed by atoms with Crippen molar-refractivity contribution in [1.29, 1.82) is 0 Å². The first-order chi connectivity index (χ1) is 25.6. The zero-order chi connectivity index (χ0) is 37.0. The molecule has 10 heteroatoms. The van der Waals surface area contributed by atoms with Gasteiger partial charge in [-0.2, -0.15) is 4.98 Å². The van der Waals surface area contributed by atoms with Crippen LogP contribution in [0, 0.1) is 11.8 Å². The Morgan fingerprint density at radius 1 is 0.830 bits per heavy atom. The van der Waals surface area contributed by atoms with E-state index in [-0.39, 0.29) is 29.9 Å². The Hall–Kier alpha value is -5.09. The number of pyridine rings is 1. The summed E-state index contributed by atoms with van der Waals surface area (Å²) in [7, 11) is 1.80. The minimum Gasteiger partial charge on any atom is -0.473 e. The fraction of sp³-hybridized carbons (Fsp3) is 0.419. The van der Waals surface area contributed by atoms with E-state index in [9.17, 15) is 9.59 Å². The summed E-state index contributed by atoms with van der Waals surface area (Å²) >= 11 is 0. The molecule has 3 heterocycles. The van der Waals surface area contributed by atoms with Gasteiger partial charge in [-0.05, 0) is 82.2 Å². The fourth-order valence-corrected chi connectivity index (χ4v) is 7.49. The molecule has 0 radical (unpaired) electrons. The van der Waals surface area contributed by atoms with Crippen LogP contribution in [0.15, 0.2) is 95.8 Å². The first-order valence-corrected chi connectivity index (χ1v) is 18.9. The summed E-state index contributed by atoms with van der Waals surface area (Å²) < 4.78 is 21.7. The van der Waals surface area contributed by atoms with Crippen LogP contribution >= 0.6 is 0 Å². The summed E-state index contributed by atoms with van der Waals surface area (Å²) in [4.78, 5) is 34.3. The number of amides is 1. The molecule has 1 atom stereocenters. The first kappa shape index (κ1) is 36.3. The van der Waals surface area contributed by atoms with E-state index >= 15 is 0 Å². The van der Waals surface area contributed by atoms with Crippen LogP contribution in [-0.2, 0) is 29.8 Å². The number of anilines is 1. The molecular weight excluding hydrogens is 667 g/mol. The molecule has 2 aromatic heterocycles. The molecule has 278 valence electrons. The number of para-hydroxylation sites is 1. The number of imidazole rings is 1. The second-order valence-corrected chi connectivity index (χ2v) is 15.4. The average Bonchev–Trinajstić information content (AvgIpc) is 3.75. The van der Waals surface area contributed by atoms with Gasteiger partial charge < -0.3 is 24.4 Å². The highest BCUT2D eigenvalue weighted by molar-refractivity contribution is 5.90. The van der Waals surface area contributed by atoms with E-state index in [2.05, 4.69) is 31.0 Å². The number of carbonyl (C=O) groups is 1. The van der Waals surface area contributed by atoms with Crippen molar-refractivity contribution in [2.75, 3.05) is 25.0 Å². The maximum absolute atomic E-state index is 14.0. The van der Waals surface area contributed by atoms with Gasteiger partial charge in [-0.25, -0.2) is 4.79 Å². The number of hydrogen-bond acceptors (Lipinski definition) is 7. The van der Waals surface area contributed by atoms with Crippen molar-refractivity contribution < 1.29 is 19.0 Å². The van der Waals surface area contributed by atoms with Crippen LogP contribution in [0.5, 0.6) is 11.8 Å². The highest BCUT2D eigenvalue weighted by atomic mass is 16.5. The van der Waals surface area contributed by atoms with Gasteiger partial charge in [0.15, 0.2) is 0 Å². The van der Waals surface area contributed by atoms with Crippen LogP contribution in [0.2, 0.25) is 0 Å². The maximum atomic E-state index is 14.0. The van der Waals surface area contributed by atoms with E-state index in [1.807, 2.05) is 84.9 Å². The molecule has 10 nitrogen and oxygen atoms in total. The topological polar surface area (TPSA) is 99.8 Å². The zero-order valence-electron chi connectivity index (χ0n) is 31.3. The fourth-order valence-electron chi connectivity index (χ4n) is 7.49. The Kier molecular flexibility index (Phi) is 10.9. The van der Waals surface area contributed by atoms with E-state index in [1.54, 1.807) is 22.2 Å². The van der Waals surface area contributed by atoms with E-state index in [0.29, 0.717) is 42.5 Å². The van der Waals surface area contributed by atoms with Gasteiger partial charge in [-0.15, -0.1) is 0 Å². The zero-order valence-corrected chi connectivity index (χ0v) is 31.3. The Labute approximate surface area is 311 Å². The molecule has 53 heavy (non-hydrogen) atoms.